The summed E-state index contributed by atoms with van der Waals surface area (Å²) in [4.78, 5) is 16.7. The Morgan fingerprint density at radius 3 is 2.50 bits per heavy atom. The fourth-order valence-electron chi connectivity index (χ4n) is 2.27. The molecule has 6 heteroatoms. The molecule has 0 spiro atoms. The zero-order valence-corrected chi connectivity index (χ0v) is 14.2. The van der Waals surface area contributed by atoms with Gasteiger partial charge in [0, 0.05) is 12.8 Å². The van der Waals surface area contributed by atoms with E-state index in [-0.39, 0.29) is 17.9 Å². The van der Waals surface area contributed by atoms with Crippen LogP contribution < -0.4 is 5.56 Å². The summed E-state index contributed by atoms with van der Waals surface area (Å²) in [5.74, 6) is 0.828. The lowest BCUT2D eigenvalue weighted by Crippen LogP contribution is -2.24. The van der Waals surface area contributed by atoms with Crippen molar-refractivity contribution in [3.63, 3.8) is 0 Å². The minimum Gasteiger partial charge on any atom is -0.298 e. The van der Waals surface area contributed by atoms with E-state index < -0.39 is 9.84 Å². The maximum atomic E-state index is 12.4. The molecule has 0 aliphatic rings. The van der Waals surface area contributed by atoms with Gasteiger partial charge >= 0.3 is 0 Å². The smallest absolute Gasteiger partial charge is 0.261 e. The molecule has 0 saturated carbocycles. The number of aromatic nitrogens is 2. The number of nitrogens with zero attached hydrogens (tertiary/aromatic N) is 2. The molecule has 1 aromatic carbocycles. The average Bonchev–Trinajstić information content (AvgIpc) is 2.44. The molecule has 22 heavy (non-hydrogen) atoms. The van der Waals surface area contributed by atoms with Crippen LogP contribution in [0.5, 0.6) is 0 Å². The zero-order chi connectivity index (χ0) is 16.5. The van der Waals surface area contributed by atoms with Crippen molar-refractivity contribution in [1.29, 1.82) is 0 Å². The second-order valence-corrected chi connectivity index (χ2v) is 8.44. The molecule has 0 bridgehead atoms. The standard InChI is InChI=1S/C16H22N2O3S/c1-11(2)12(3)13-5-6-14-15(9-13)17-10-18(16(14)19)7-8-22(4,20)21/h5-6,9-12H,7-8H2,1-4H3. The summed E-state index contributed by atoms with van der Waals surface area (Å²) < 4.78 is 23.8. The van der Waals surface area contributed by atoms with Gasteiger partial charge in [-0.3, -0.25) is 9.36 Å². The van der Waals surface area contributed by atoms with Crippen molar-refractivity contribution < 1.29 is 8.42 Å². The lowest BCUT2D eigenvalue weighted by molar-refractivity contribution is 0.535. The molecular formula is C16H22N2O3S. The summed E-state index contributed by atoms with van der Waals surface area (Å²) in [6, 6.07) is 5.69. The number of aryl methyl sites for hydroxylation is 1. The van der Waals surface area contributed by atoms with Gasteiger partial charge < -0.3 is 0 Å². The number of fused-ring (bicyclic) bond motifs is 1. The van der Waals surface area contributed by atoms with Crippen molar-refractivity contribution in [3.8, 4) is 0 Å². The van der Waals surface area contributed by atoms with Crippen LogP contribution in [0.1, 0.15) is 32.3 Å². The van der Waals surface area contributed by atoms with Crippen LogP contribution in [0.4, 0.5) is 0 Å². The number of hydrogen-bond donors (Lipinski definition) is 0. The quantitative estimate of drug-likeness (QED) is 0.846. The Bertz CT molecular complexity index is 838. The molecule has 5 nitrogen and oxygen atoms in total. The fourth-order valence-corrected chi connectivity index (χ4v) is 2.80. The van der Waals surface area contributed by atoms with E-state index in [0.29, 0.717) is 22.7 Å². The van der Waals surface area contributed by atoms with E-state index in [9.17, 15) is 13.2 Å². The summed E-state index contributed by atoms with van der Waals surface area (Å²) in [7, 11) is -3.11. The summed E-state index contributed by atoms with van der Waals surface area (Å²) >= 11 is 0. The first-order valence-electron chi connectivity index (χ1n) is 7.36. The predicted octanol–water partition coefficient (Wildman–Crippen LogP) is 2.20. The molecule has 0 amide bonds. The largest absolute Gasteiger partial charge is 0.298 e. The Kier molecular flexibility index (Phi) is 4.70. The normalized spacial score (nSPS) is 13.7. The maximum absolute atomic E-state index is 12.4. The number of hydrogen-bond acceptors (Lipinski definition) is 4. The van der Waals surface area contributed by atoms with E-state index >= 15 is 0 Å². The molecule has 2 rings (SSSR count). The molecule has 1 atom stereocenters. The van der Waals surface area contributed by atoms with Crippen LogP contribution in [0.25, 0.3) is 10.9 Å². The van der Waals surface area contributed by atoms with Gasteiger partial charge in [0.05, 0.1) is 23.0 Å². The summed E-state index contributed by atoms with van der Waals surface area (Å²) in [6.45, 7) is 6.60. The number of rotatable bonds is 5. The molecule has 1 heterocycles. The van der Waals surface area contributed by atoms with Gasteiger partial charge in [-0.25, -0.2) is 13.4 Å². The van der Waals surface area contributed by atoms with Crippen LogP contribution in [0.3, 0.4) is 0 Å². The van der Waals surface area contributed by atoms with E-state index in [1.54, 1.807) is 6.07 Å². The lowest BCUT2D eigenvalue weighted by atomic mass is 9.90. The Hall–Kier alpha value is -1.69. The highest BCUT2D eigenvalue weighted by Gasteiger charge is 2.12. The van der Waals surface area contributed by atoms with Crippen LogP contribution in [-0.2, 0) is 16.4 Å². The van der Waals surface area contributed by atoms with Crippen molar-refractivity contribution in [1.82, 2.24) is 9.55 Å². The van der Waals surface area contributed by atoms with E-state index in [1.807, 2.05) is 12.1 Å². The Balaban J connectivity index is 2.41. The second-order valence-electron chi connectivity index (χ2n) is 6.18. The highest BCUT2D eigenvalue weighted by atomic mass is 32.2. The van der Waals surface area contributed by atoms with Crippen LogP contribution in [0.15, 0.2) is 29.3 Å². The van der Waals surface area contributed by atoms with Gasteiger partial charge in [-0.2, -0.15) is 0 Å². The minimum absolute atomic E-state index is 0.0669. The van der Waals surface area contributed by atoms with Crippen molar-refractivity contribution in [2.24, 2.45) is 5.92 Å². The maximum Gasteiger partial charge on any atom is 0.261 e. The van der Waals surface area contributed by atoms with Gasteiger partial charge in [0.2, 0.25) is 0 Å². The Morgan fingerprint density at radius 2 is 1.91 bits per heavy atom. The third-order valence-corrected chi connectivity index (χ3v) is 5.00. The van der Waals surface area contributed by atoms with Crippen LogP contribution in [0, 0.1) is 5.92 Å². The summed E-state index contributed by atoms with van der Waals surface area (Å²) in [5, 5.41) is 0.524. The van der Waals surface area contributed by atoms with Crippen molar-refractivity contribution in [3.05, 3.63) is 40.4 Å². The molecule has 1 unspecified atom stereocenters. The van der Waals surface area contributed by atoms with Crippen LogP contribution in [-0.4, -0.2) is 30.0 Å². The van der Waals surface area contributed by atoms with E-state index in [1.165, 1.54) is 10.9 Å². The van der Waals surface area contributed by atoms with Gasteiger partial charge in [0.15, 0.2) is 0 Å². The van der Waals surface area contributed by atoms with Crippen molar-refractivity contribution in [2.45, 2.75) is 33.2 Å². The van der Waals surface area contributed by atoms with Crippen LogP contribution in [0.2, 0.25) is 0 Å². The highest BCUT2D eigenvalue weighted by molar-refractivity contribution is 7.90. The molecular weight excluding hydrogens is 300 g/mol. The van der Waals surface area contributed by atoms with Gasteiger partial charge in [-0.1, -0.05) is 26.8 Å². The highest BCUT2D eigenvalue weighted by Crippen LogP contribution is 2.25. The summed E-state index contributed by atoms with van der Waals surface area (Å²) in [6.07, 6.45) is 2.59. The molecule has 120 valence electrons. The molecule has 0 aliphatic heterocycles. The van der Waals surface area contributed by atoms with E-state index in [0.717, 1.165) is 11.8 Å². The third-order valence-electron chi connectivity index (χ3n) is 4.08. The van der Waals surface area contributed by atoms with Gasteiger partial charge in [-0.15, -0.1) is 0 Å². The van der Waals surface area contributed by atoms with Gasteiger partial charge in [0.25, 0.3) is 5.56 Å². The summed E-state index contributed by atoms with van der Waals surface area (Å²) in [5.41, 5.74) is 1.62. The van der Waals surface area contributed by atoms with Gasteiger partial charge in [0.1, 0.15) is 9.84 Å². The fraction of sp³-hybridized carbons (Fsp3) is 0.500. The lowest BCUT2D eigenvalue weighted by Gasteiger charge is -2.16. The molecule has 0 radical (unpaired) electrons. The first kappa shape index (κ1) is 16.7. The Labute approximate surface area is 130 Å². The first-order valence-corrected chi connectivity index (χ1v) is 9.42. The first-order chi connectivity index (χ1) is 10.2. The third kappa shape index (κ3) is 3.74. The monoisotopic (exact) mass is 322 g/mol. The molecule has 2 aromatic rings. The van der Waals surface area contributed by atoms with Gasteiger partial charge in [-0.05, 0) is 29.5 Å². The number of benzene rings is 1. The van der Waals surface area contributed by atoms with E-state index in [2.05, 4.69) is 25.8 Å². The van der Waals surface area contributed by atoms with Crippen LogP contribution >= 0.6 is 0 Å². The molecule has 0 aliphatic carbocycles. The average molecular weight is 322 g/mol. The number of sulfone groups is 1. The second kappa shape index (κ2) is 6.20. The molecule has 0 N–H and O–H groups in total. The SMILES string of the molecule is CC(C)C(C)c1ccc2c(=O)n(CCS(C)(=O)=O)cnc2c1. The molecule has 0 fully saturated rings. The van der Waals surface area contributed by atoms with Crippen molar-refractivity contribution >= 4 is 20.7 Å². The topological polar surface area (TPSA) is 69.0 Å². The predicted molar refractivity (Wildman–Crippen MR) is 89.0 cm³/mol. The van der Waals surface area contributed by atoms with E-state index in [4.69, 9.17) is 0 Å². The van der Waals surface area contributed by atoms with Crippen molar-refractivity contribution in [2.75, 3.05) is 12.0 Å². The molecule has 1 aromatic heterocycles. The molecule has 0 saturated heterocycles. The minimum atomic E-state index is -3.11. The Morgan fingerprint density at radius 1 is 1.23 bits per heavy atom. The zero-order valence-electron chi connectivity index (χ0n) is 13.4.